The zero-order valence-corrected chi connectivity index (χ0v) is 14.3. The van der Waals surface area contributed by atoms with Gasteiger partial charge in [0.1, 0.15) is 11.5 Å². The van der Waals surface area contributed by atoms with E-state index in [0.29, 0.717) is 17.9 Å². The van der Waals surface area contributed by atoms with E-state index in [1.54, 1.807) is 23.1 Å². The smallest absolute Gasteiger partial charge is 0.268 e. The summed E-state index contributed by atoms with van der Waals surface area (Å²) in [5.41, 5.74) is 3.05. The Bertz CT molecular complexity index is 737. The lowest BCUT2D eigenvalue weighted by molar-refractivity contribution is -0.126. The SMILES string of the molecule is CCc1ccc(CC2Oc3cc(O)ccc3N(C(C)C)C2=O)cc1. The number of phenols is 1. The van der Waals surface area contributed by atoms with Crippen LogP contribution >= 0.6 is 0 Å². The molecule has 1 amide bonds. The summed E-state index contributed by atoms with van der Waals surface area (Å²) >= 11 is 0. The van der Waals surface area contributed by atoms with Gasteiger partial charge < -0.3 is 14.7 Å². The normalized spacial score (nSPS) is 16.9. The molecular weight excluding hydrogens is 302 g/mol. The van der Waals surface area contributed by atoms with Gasteiger partial charge in [0, 0.05) is 18.5 Å². The summed E-state index contributed by atoms with van der Waals surface area (Å²) in [6.45, 7) is 6.08. The van der Waals surface area contributed by atoms with Crippen LogP contribution in [0, 0.1) is 0 Å². The summed E-state index contributed by atoms with van der Waals surface area (Å²) in [6, 6.07) is 13.2. The largest absolute Gasteiger partial charge is 0.508 e. The zero-order valence-electron chi connectivity index (χ0n) is 14.3. The Kier molecular flexibility index (Phi) is 4.47. The number of rotatable bonds is 4. The first-order valence-corrected chi connectivity index (χ1v) is 8.40. The zero-order chi connectivity index (χ0) is 17.3. The Morgan fingerprint density at radius 2 is 1.79 bits per heavy atom. The van der Waals surface area contributed by atoms with Gasteiger partial charge in [-0.2, -0.15) is 0 Å². The summed E-state index contributed by atoms with van der Waals surface area (Å²) in [5, 5.41) is 9.73. The average molecular weight is 325 g/mol. The number of aryl methyl sites for hydroxylation is 1. The molecule has 1 aliphatic rings. The van der Waals surface area contributed by atoms with Crippen LogP contribution in [-0.4, -0.2) is 23.2 Å². The van der Waals surface area contributed by atoms with E-state index in [-0.39, 0.29) is 17.7 Å². The van der Waals surface area contributed by atoms with Crippen molar-refractivity contribution in [2.45, 2.75) is 45.8 Å². The summed E-state index contributed by atoms with van der Waals surface area (Å²) in [6.07, 6.45) is 0.933. The molecule has 0 spiro atoms. The van der Waals surface area contributed by atoms with Crippen LogP contribution in [0.5, 0.6) is 11.5 Å². The highest BCUT2D eigenvalue weighted by molar-refractivity contribution is 6.00. The highest BCUT2D eigenvalue weighted by Gasteiger charge is 2.36. The number of anilines is 1. The third-order valence-corrected chi connectivity index (χ3v) is 4.35. The Balaban J connectivity index is 1.90. The predicted octanol–water partition coefficient (Wildman–Crippen LogP) is 3.70. The maximum Gasteiger partial charge on any atom is 0.268 e. The lowest BCUT2D eigenvalue weighted by Crippen LogP contribution is -2.49. The Morgan fingerprint density at radius 1 is 1.12 bits per heavy atom. The van der Waals surface area contributed by atoms with E-state index in [9.17, 15) is 9.90 Å². The fourth-order valence-electron chi connectivity index (χ4n) is 3.06. The highest BCUT2D eigenvalue weighted by Crippen LogP contribution is 2.38. The maximum absolute atomic E-state index is 12.9. The van der Waals surface area contributed by atoms with Gasteiger partial charge in [-0.25, -0.2) is 0 Å². The van der Waals surface area contributed by atoms with Gasteiger partial charge in [-0.05, 0) is 43.5 Å². The number of carbonyl (C=O) groups is 1. The second kappa shape index (κ2) is 6.56. The molecule has 4 heteroatoms. The maximum atomic E-state index is 12.9. The second-order valence-corrected chi connectivity index (χ2v) is 6.43. The molecule has 0 saturated carbocycles. The van der Waals surface area contributed by atoms with E-state index in [2.05, 4.69) is 19.1 Å². The monoisotopic (exact) mass is 325 g/mol. The van der Waals surface area contributed by atoms with Crippen LogP contribution in [0.25, 0.3) is 0 Å². The molecule has 0 radical (unpaired) electrons. The van der Waals surface area contributed by atoms with Crippen molar-refractivity contribution < 1.29 is 14.6 Å². The molecule has 1 aliphatic heterocycles. The van der Waals surface area contributed by atoms with E-state index < -0.39 is 6.10 Å². The molecule has 1 unspecified atom stereocenters. The lowest BCUT2D eigenvalue weighted by Gasteiger charge is -2.37. The fourth-order valence-corrected chi connectivity index (χ4v) is 3.06. The van der Waals surface area contributed by atoms with Gasteiger partial charge >= 0.3 is 0 Å². The molecule has 126 valence electrons. The first kappa shape index (κ1) is 16.4. The molecule has 1 atom stereocenters. The van der Waals surface area contributed by atoms with E-state index in [4.69, 9.17) is 4.74 Å². The van der Waals surface area contributed by atoms with Crippen molar-refractivity contribution in [3.8, 4) is 11.5 Å². The molecular formula is C20H23NO3. The van der Waals surface area contributed by atoms with Crippen molar-refractivity contribution in [3.63, 3.8) is 0 Å². The molecule has 1 N–H and O–H groups in total. The van der Waals surface area contributed by atoms with E-state index in [1.807, 2.05) is 26.0 Å². The highest BCUT2D eigenvalue weighted by atomic mass is 16.5. The van der Waals surface area contributed by atoms with Gasteiger partial charge in [0.05, 0.1) is 5.69 Å². The predicted molar refractivity (Wildman–Crippen MR) is 94.7 cm³/mol. The number of amides is 1. The molecule has 0 aromatic heterocycles. The van der Waals surface area contributed by atoms with Crippen LogP contribution in [0.1, 0.15) is 31.9 Å². The van der Waals surface area contributed by atoms with Crippen LogP contribution in [0.3, 0.4) is 0 Å². The second-order valence-electron chi connectivity index (χ2n) is 6.43. The van der Waals surface area contributed by atoms with Crippen molar-refractivity contribution in [2.24, 2.45) is 0 Å². The average Bonchev–Trinajstić information content (AvgIpc) is 2.56. The number of carbonyl (C=O) groups excluding carboxylic acids is 1. The summed E-state index contributed by atoms with van der Waals surface area (Å²) in [4.78, 5) is 14.6. The molecule has 0 saturated heterocycles. The van der Waals surface area contributed by atoms with Crippen LogP contribution in [0.2, 0.25) is 0 Å². The summed E-state index contributed by atoms with van der Waals surface area (Å²) in [5.74, 6) is 0.652. The van der Waals surface area contributed by atoms with E-state index in [0.717, 1.165) is 12.0 Å². The number of nitrogens with zero attached hydrogens (tertiary/aromatic N) is 1. The first-order valence-electron chi connectivity index (χ1n) is 8.40. The lowest BCUT2D eigenvalue weighted by atomic mass is 10.0. The van der Waals surface area contributed by atoms with E-state index >= 15 is 0 Å². The Hall–Kier alpha value is -2.49. The molecule has 1 heterocycles. The van der Waals surface area contributed by atoms with Crippen molar-refractivity contribution >= 4 is 11.6 Å². The van der Waals surface area contributed by atoms with Crippen LogP contribution in [0.15, 0.2) is 42.5 Å². The van der Waals surface area contributed by atoms with Gasteiger partial charge in [-0.15, -0.1) is 0 Å². The quantitative estimate of drug-likeness (QED) is 0.932. The number of benzene rings is 2. The molecule has 2 aromatic rings. The van der Waals surface area contributed by atoms with Gasteiger partial charge in [0.15, 0.2) is 6.10 Å². The van der Waals surface area contributed by atoms with E-state index in [1.165, 1.54) is 5.56 Å². The van der Waals surface area contributed by atoms with Crippen LogP contribution in [0.4, 0.5) is 5.69 Å². The fraction of sp³-hybridized carbons (Fsp3) is 0.350. The summed E-state index contributed by atoms with van der Waals surface area (Å²) < 4.78 is 5.91. The third kappa shape index (κ3) is 3.09. The molecule has 0 bridgehead atoms. The van der Waals surface area contributed by atoms with Crippen LogP contribution in [-0.2, 0) is 17.6 Å². The van der Waals surface area contributed by atoms with Crippen molar-refractivity contribution in [3.05, 3.63) is 53.6 Å². The number of hydrogen-bond acceptors (Lipinski definition) is 3. The van der Waals surface area contributed by atoms with Crippen molar-refractivity contribution in [1.29, 1.82) is 0 Å². The van der Waals surface area contributed by atoms with Gasteiger partial charge in [-0.1, -0.05) is 31.2 Å². The molecule has 24 heavy (non-hydrogen) atoms. The Labute approximate surface area is 142 Å². The summed E-state index contributed by atoms with van der Waals surface area (Å²) in [7, 11) is 0. The number of fused-ring (bicyclic) bond motifs is 1. The Morgan fingerprint density at radius 3 is 2.42 bits per heavy atom. The van der Waals surface area contributed by atoms with Crippen molar-refractivity contribution in [1.82, 2.24) is 0 Å². The molecule has 0 fully saturated rings. The molecule has 0 aliphatic carbocycles. The van der Waals surface area contributed by atoms with Gasteiger partial charge in [0.2, 0.25) is 0 Å². The number of phenolic OH excluding ortho intramolecular Hbond substituents is 1. The molecule has 4 nitrogen and oxygen atoms in total. The minimum absolute atomic E-state index is 0.0228. The minimum atomic E-state index is -0.575. The van der Waals surface area contributed by atoms with Crippen LogP contribution < -0.4 is 9.64 Å². The number of ether oxygens (including phenoxy) is 1. The molecule has 2 aromatic carbocycles. The van der Waals surface area contributed by atoms with Gasteiger partial charge in [0.25, 0.3) is 5.91 Å². The molecule has 3 rings (SSSR count). The number of hydrogen-bond donors (Lipinski definition) is 1. The standard InChI is InChI=1S/C20H23NO3/c1-4-14-5-7-15(8-6-14)11-19-20(23)21(13(2)3)17-10-9-16(22)12-18(17)24-19/h5-10,12-13,19,22H,4,11H2,1-3H3. The third-order valence-electron chi connectivity index (χ3n) is 4.35. The first-order chi connectivity index (χ1) is 11.5. The van der Waals surface area contributed by atoms with Gasteiger partial charge in [-0.3, -0.25) is 4.79 Å². The minimum Gasteiger partial charge on any atom is -0.508 e. The topological polar surface area (TPSA) is 49.8 Å². The number of aromatic hydroxyl groups is 1. The van der Waals surface area contributed by atoms with Crippen molar-refractivity contribution in [2.75, 3.05) is 4.90 Å².